The Balaban J connectivity index is 0. The van der Waals surface area contributed by atoms with Crippen molar-refractivity contribution in [3.63, 3.8) is 0 Å². The Morgan fingerprint density at radius 1 is 0.727 bits per heavy atom. The SMILES string of the molecule is CCCCCCCCCCCCOC(=O)CCNCCC(=O)O.OCCN(CCO)CCO. The van der Waals surface area contributed by atoms with Crippen molar-refractivity contribution >= 4 is 11.9 Å². The molecule has 0 unspecified atom stereocenters. The molecule has 0 saturated carbocycles. The van der Waals surface area contributed by atoms with E-state index in [4.69, 9.17) is 25.2 Å². The minimum Gasteiger partial charge on any atom is -0.481 e. The molecule has 0 amide bonds. The van der Waals surface area contributed by atoms with Crippen LogP contribution in [0, 0.1) is 0 Å². The minimum absolute atomic E-state index is 0.0694. The lowest BCUT2D eigenvalue weighted by molar-refractivity contribution is -0.143. The van der Waals surface area contributed by atoms with Gasteiger partial charge in [-0.05, 0) is 6.42 Å². The number of hydrogen-bond donors (Lipinski definition) is 5. The molecule has 0 radical (unpaired) electrons. The first-order chi connectivity index (χ1) is 16.0. The molecule has 33 heavy (non-hydrogen) atoms. The third-order valence-electron chi connectivity index (χ3n) is 5.03. The lowest BCUT2D eigenvalue weighted by atomic mass is 10.1. The summed E-state index contributed by atoms with van der Waals surface area (Å²) in [5.41, 5.74) is 0. The summed E-state index contributed by atoms with van der Waals surface area (Å²) in [5.74, 6) is -1.04. The predicted molar refractivity (Wildman–Crippen MR) is 130 cm³/mol. The van der Waals surface area contributed by atoms with Gasteiger partial charge in [0.15, 0.2) is 0 Å². The van der Waals surface area contributed by atoms with Crippen LogP contribution >= 0.6 is 0 Å². The fraction of sp³-hybridized carbons (Fsp3) is 0.917. The first-order valence-electron chi connectivity index (χ1n) is 12.6. The van der Waals surface area contributed by atoms with E-state index in [2.05, 4.69) is 12.2 Å². The van der Waals surface area contributed by atoms with Crippen molar-refractivity contribution in [1.29, 1.82) is 0 Å². The Hall–Kier alpha value is -1.26. The normalized spacial score (nSPS) is 10.7. The first kappa shape index (κ1) is 33.9. The van der Waals surface area contributed by atoms with Crippen molar-refractivity contribution < 1.29 is 34.8 Å². The summed E-state index contributed by atoms with van der Waals surface area (Å²) in [7, 11) is 0. The summed E-state index contributed by atoms with van der Waals surface area (Å²) in [6.45, 7) is 5.36. The molecule has 0 spiro atoms. The van der Waals surface area contributed by atoms with Crippen molar-refractivity contribution in [3.05, 3.63) is 0 Å². The van der Waals surface area contributed by atoms with Gasteiger partial charge in [-0.3, -0.25) is 14.5 Å². The molecule has 0 aliphatic carbocycles. The van der Waals surface area contributed by atoms with Gasteiger partial charge in [0.25, 0.3) is 0 Å². The fourth-order valence-corrected chi connectivity index (χ4v) is 3.12. The van der Waals surface area contributed by atoms with Crippen LogP contribution in [0.4, 0.5) is 0 Å². The number of rotatable bonds is 23. The molecule has 0 aromatic rings. The lowest BCUT2D eigenvalue weighted by Crippen LogP contribution is -2.32. The highest BCUT2D eigenvalue weighted by Crippen LogP contribution is 2.10. The summed E-state index contributed by atoms with van der Waals surface area (Å²) in [6, 6.07) is 0. The zero-order valence-corrected chi connectivity index (χ0v) is 20.8. The molecular weight excluding hydrogens is 428 g/mol. The van der Waals surface area contributed by atoms with Gasteiger partial charge in [0.1, 0.15) is 0 Å². The number of nitrogens with one attached hydrogen (secondary N) is 1. The van der Waals surface area contributed by atoms with Gasteiger partial charge in [-0.1, -0.05) is 64.7 Å². The average molecular weight is 479 g/mol. The van der Waals surface area contributed by atoms with Gasteiger partial charge in [-0.25, -0.2) is 0 Å². The Morgan fingerprint density at radius 2 is 1.18 bits per heavy atom. The summed E-state index contributed by atoms with van der Waals surface area (Å²) in [4.78, 5) is 23.5. The molecule has 0 aliphatic rings. The number of carboxylic acid groups (broad SMARTS) is 1. The number of aliphatic hydroxyl groups excluding tert-OH is 3. The summed E-state index contributed by atoms with van der Waals surface area (Å²) < 4.78 is 5.15. The van der Waals surface area contributed by atoms with Gasteiger partial charge in [0, 0.05) is 32.7 Å². The van der Waals surface area contributed by atoms with Crippen LogP contribution in [0.2, 0.25) is 0 Å². The molecule has 0 rings (SSSR count). The standard InChI is InChI=1S/C18H35NO4.C6H15NO3/c1-2-3-4-5-6-7-8-9-10-11-16-23-18(22)13-15-19-14-12-17(20)21;8-4-1-7(2-5-9)3-6-10/h19H,2-16H2,1H3,(H,20,21);8-10H,1-6H2. The largest absolute Gasteiger partial charge is 0.481 e. The topological polar surface area (TPSA) is 140 Å². The predicted octanol–water partition coefficient (Wildman–Crippen LogP) is 2.17. The molecule has 9 nitrogen and oxygen atoms in total. The van der Waals surface area contributed by atoms with Crippen molar-refractivity contribution in [2.75, 3.05) is 59.2 Å². The van der Waals surface area contributed by atoms with Gasteiger partial charge >= 0.3 is 11.9 Å². The van der Waals surface area contributed by atoms with Gasteiger partial charge in [-0.2, -0.15) is 0 Å². The molecule has 0 fully saturated rings. The van der Waals surface area contributed by atoms with Gasteiger partial charge in [-0.15, -0.1) is 0 Å². The van der Waals surface area contributed by atoms with Gasteiger partial charge < -0.3 is 30.5 Å². The monoisotopic (exact) mass is 478 g/mol. The molecule has 5 N–H and O–H groups in total. The second kappa shape index (κ2) is 28.8. The molecule has 0 bridgehead atoms. The molecule has 0 heterocycles. The molecule has 0 atom stereocenters. The van der Waals surface area contributed by atoms with E-state index in [1.165, 1.54) is 51.4 Å². The maximum atomic E-state index is 11.4. The number of nitrogens with zero attached hydrogens (tertiary/aromatic N) is 1. The van der Waals surface area contributed by atoms with Crippen molar-refractivity contribution in [1.82, 2.24) is 10.2 Å². The second-order valence-corrected chi connectivity index (χ2v) is 8.06. The van der Waals surface area contributed by atoms with Gasteiger partial charge in [0.05, 0.1) is 39.3 Å². The van der Waals surface area contributed by atoms with E-state index in [1.54, 1.807) is 4.90 Å². The molecule has 9 heteroatoms. The number of hydrogen-bond acceptors (Lipinski definition) is 8. The number of esters is 1. The van der Waals surface area contributed by atoms with E-state index in [0.717, 1.165) is 12.8 Å². The number of unbranched alkanes of at least 4 members (excludes halogenated alkanes) is 9. The number of aliphatic hydroxyl groups is 3. The summed E-state index contributed by atoms with van der Waals surface area (Å²) in [5, 5.41) is 36.8. The van der Waals surface area contributed by atoms with Crippen LogP contribution in [-0.4, -0.2) is 96.4 Å². The maximum absolute atomic E-state index is 11.4. The number of carbonyl (C=O) groups excluding carboxylic acids is 1. The zero-order valence-electron chi connectivity index (χ0n) is 20.8. The molecule has 198 valence electrons. The Labute approximate surface area is 200 Å². The van der Waals surface area contributed by atoms with Crippen LogP contribution in [0.1, 0.15) is 84.0 Å². The fourth-order valence-electron chi connectivity index (χ4n) is 3.12. The Kier molecular flexibility index (Phi) is 29.6. The van der Waals surface area contributed by atoms with Crippen LogP contribution in [0.15, 0.2) is 0 Å². The molecule has 0 aromatic carbocycles. The minimum atomic E-state index is -0.832. The number of carbonyl (C=O) groups is 2. The van der Waals surface area contributed by atoms with E-state index in [9.17, 15) is 9.59 Å². The maximum Gasteiger partial charge on any atom is 0.307 e. The van der Waals surface area contributed by atoms with Crippen LogP contribution in [-0.2, 0) is 14.3 Å². The molecular formula is C24H50N2O7. The number of ether oxygens (including phenoxy) is 1. The number of aliphatic carboxylic acids is 1. The van der Waals surface area contributed by atoms with Crippen molar-refractivity contribution in [2.45, 2.75) is 84.0 Å². The highest BCUT2D eigenvalue weighted by Gasteiger charge is 2.03. The third kappa shape index (κ3) is 30.7. The van der Waals surface area contributed by atoms with E-state index in [1.807, 2.05) is 0 Å². The van der Waals surface area contributed by atoms with Gasteiger partial charge in [0.2, 0.25) is 0 Å². The van der Waals surface area contributed by atoms with Crippen LogP contribution in [0.3, 0.4) is 0 Å². The highest BCUT2D eigenvalue weighted by atomic mass is 16.5. The summed E-state index contributed by atoms with van der Waals surface area (Å²) in [6.07, 6.45) is 13.0. The van der Waals surface area contributed by atoms with E-state index in [-0.39, 0.29) is 32.2 Å². The van der Waals surface area contributed by atoms with E-state index in [0.29, 0.717) is 45.8 Å². The second-order valence-electron chi connectivity index (χ2n) is 8.06. The van der Waals surface area contributed by atoms with Crippen LogP contribution in [0.5, 0.6) is 0 Å². The number of carboxylic acids is 1. The molecule has 0 aromatic heterocycles. The van der Waals surface area contributed by atoms with Crippen LogP contribution in [0.25, 0.3) is 0 Å². The molecule has 0 aliphatic heterocycles. The van der Waals surface area contributed by atoms with Crippen molar-refractivity contribution in [3.8, 4) is 0 Å². The van der Waals surface area contributed by atoms with Crippen LogP contribution < -0.4 is 5.32 Å². The lowest BCUT2D eigenvalue weighted by Gasteiger charge is -2.17. The highest BCUT2D eigenvalue weighted by molar-refractivity contribution is 5.69. The quantitative estimate of drug-likeness (QED) is 0.110. The Bertz CT molecular complexity index is 411. The van der Waals surface area contributed by atoms with Crippen molar-refractivity contribution in [2.24, 2.45) is 0 Å². The third-order valence-corrected chi connectivity index (χ3v) is 5.03. The van der Waals surface area contributed by atoms with E-state index < -0.39 is 5.97 Å². The van der Waals surface area contributed by atoms with E-state index >= 15 is 0 Å². The average Bonchev–Trinajstić information content (AvgIpc) is 2.78. The first-order valence-corrected chi connectivity index (χ1v) is 12.6. The summed E-state index contributed by atoms with van der Waals surface area (Å²) >= 11 is 0. The zero-order chi connectivity index (χ0) is 25.0. The smallest absolute Gasteiger partial charge is 0.307 e. The molecule has 0 saturated heterocycles. The Morgan fingerprint density at radius 3 is 1.64 bits per heavy atom.